The molecule has 0 aliphatic heterocycles. The first-order chi connectivity index (χ1) is 13.6. The van der Waals surface area contributed by atoms with Gasteiger partial charge in [0.15, 0.2) is 0 Å². The van der Waals surface area contributed by atoms with E-state index in [9.17, 15) is 18.0 Å². The predicted octanol–water partition coefficient (Wildman–Crippen LogP) is 2.81. The van der Waals surface area contributed by atoms with Crippen molar-refractivity contribution in [2.45, 2.75) is 11.8 Å². The number of carbonyl (C=O) groups is 2. The molecule has 0 aliphatic carbocycles. The van der Waals surface area contributed by atoms with Gasteiger partial charge < -0.3 is 14.2 Å². The number of carbonyl (C=O) groups excluding carboxylic acids is 2. The lowest BCUT2D eigenvalue weighted by molar-refractivity contribution is -0.138. The number of hydrogen-bond acceptors (Lipinski definition) is 7. The van der Waals surface area contributed by atoms with Gasteiger partial charge in [0.2, 0.25) is 0 Å². The third-order valence-electron chi connectivity index (χ3n) is 4.11. The highest BCUT2D eigenvalue weighted by Gasteiger charge is 2.30. The molecule has 0 atom stereocenters. The van der Waals surface area contributed by atoms with E-state index in [1.165, 1.54) is 44.6 Å². The number of hydrogen-bond donors (Lipinski definition) is 0. The number of sulfonamides is 1. The number of benzene rings is 2. The Bertz CT molecular complexity index is 1040. The van der Waals surface area contributed by atoms with E-state index >= 15 is 0 Å². The van der Waals surface area contributed by atoms with Crippen LogP contribution in [0, 0.1) is 6.92 Å². The van der Waals surface area contributed by atoms with E-state index in [1.54, 1.807) is 13.0 Å². The largest absolute Gasteiger partial charge is 0.495 e. The van der Waals surface area contributed by atoms with Crippen molar-refractivity contribution in [2.24, 2.45) is 0 Å². The molecule has 0 radical (unpaired) electrons. The number of rotatable bonds is 7. The van der Waals surface area contributed by atoms with Crippen LogP contribution in [-0.2, 0) is 24.3 Å². The average Bonchev–Trinajstić information content (AvgIpc) is 2.71. The van der Waals surface area contributed by atoms with Gasteiger partial charge in [-0.1, -0.05) is 17.7 Å². The van der Waals surface area contributed by atoms with Crippen molar-refractivity contribution >= 4 is 39.3 Å². The summed E-state index contributed by atoms with van der Waals surface area (Å²) in [7, 11) is -0.474. The van der Waals surface area contributed by atoms with E-state index in [4.69, 9.17) is 21.1 Å². The quantitative estimate of drug-likeness (QED) is 0.609. The first kappa shape index (κ1) is 22.5. The lowest BCUT2D eigenvalue weighted by Crippen LogP contribution is -2.37. The Balaban J connectivity index is 2.66. The highest BCUT2D eigenvalue weighted by molar-refractivity contribution is 7.92. The number of esters is 2. The molecule has 0 amide bonds. The fourth-order valence-electron chi connectivity index (χ4n) is 2.54. The Kier molecular flexibility index (Phi) is 7.10. The maximum atomic E-state index is 13.3. The maximum Gasteiger partial charge on any atom is 0.337 e. The van der Waals surface area contributed by atoms with Crippen LogP contribution < -0.4 is 9.04 Å². The van der Waals surface area contributed by atoms with Gasteiger partial charge in [-0.25, -0.2) is 13.2 Å². The van der Waals surface area contributed by atoms with Gasteiger partial charge in [-0.15, -0.1) is 0 Å². The number of methoxy groups -OCH3 is 3. The van der Waals surface area contributed by atoms with Crippen LogP contribution in [0.4, 0.5) is 5.69 Å². The van der Waals surface area contributed by atoms with Crippen molar-refractivity contribution < 1.29 is 32.2 Å². The first-order valence-corrected chi connectivity index (χ1v) is 10.1. The minimum atomic E-state index is -4.24. The number of aryl methyl sites for hydroxylation is 1. The van der Waals surface area contributed by atoms with Crippen LogP contribution in [0.15, 0.2) is 41.3 Å². The van der Waals surface area contributed by atoms with E-state index in [0.29, 0.717) is 11.3 Å². The topological polar surface area (TPSA) is 99.2 Å². The van der Waals surface area contributed by atoms with E-state index in [1.807, 2.05) is 0 Å². The van der Waals surface area contributed by atoms with Gasteiger partial charge in [0, 0.05) is 0 Å². The second kappa shape index (κ2) is 9.15. The third kappa shape index (κ3) is 4.80. The Morgan fingerprint density at radius 2 is 1.72 bits per heavy atom. The number of anilines is 1. The van der Waals surface area contributed by atoms with Crippen LogP contribution in [0.2, 0.25) is 5.02 Å². The van der Waals surface area contributed by atoms with E-state index in [-0.39, 0.29) is 21.2 Å². The first-order valence-electron chi connectivity index (χ1n) is 8.27. The summed E-state index contributed by atoms with van der Waals surface area (Å²) in [5, 5.41) is 0.0895. The second-order valence-corrected chi connectivity index (χ2v) is 8.15. The van der Waals surface area contributed by atoms with Crippen molar-refractivity contribution in [1.82, 2.24) is 0 Å². The summed E-state index contributed by atoms with van der Waals surface area (Å²) in [6.45, 7) is 1.05. The Morgan fingerprint density at radius 1 is 1.03 bits per heavy atom. The molecule has 8 nitrogen and oxygen atoms in total. The monoisotopic (exact) mass is 441 g/mol. The molecule has 0 saturated carbocycles. The van der Waals surface area contributed by atoms with Crippen LogP contribution in [0.25, 0.3) is 0 Å². The molecule has 29 heavy (non-hydrogen) atoms. The van der Waals surface area contributed by atoms with Gasteiger partial charge in [0.25, 0.3) is 10.0 Å². The van der Waals surface area contributed by atoms with Gasteiger partial charge >= 0.3 is 11.9 Å². The molecule has 0 heterocycles. The molecule has 2 aromatic rings. The van der Waals surface area contributed by atoms with Crippen LogP contribution >= 0.6 is 11.6 Å². The molecule has 0 N–H and O–H groups in total. The molecule has 0 spiro atoms. The predicted molar refractivity (Wildman–Crippen MR) is 107 cm³/mol. The smallest absolute Gasteiger partial charge is 0.337 e. The SMILES string of the molecule is COC(=O)CN(c1cc(C(=O)OC)ccc1C)S(=O)(=O)c1ccc(OC)c(Cl)c1. The Morgan fingerprint density at radius 3 is 2.28 bits per heavy atom. The highest BCUT2D eigenvalue weighted by Crippen LogP contribution is 2.32. The molecular formula is C19H20ClNO7S. The summed E-state index contributed by atoms with van der Waals surface area (Å²) >= 11 is 6.08. The number of halogens is 1. The van der Waals surface area contributed by atoms with Crippen molar-refractivity contribution in [3.8, 4) is 5.75 Å². The summed E-state index contributed by atoms with van der Waals surface area (Å²) in [6.07, 6.45) is 0. The highest BCUT2D eigenvalue weighted by atomic mass is 35.5. The molecule has 0 bridgehead atoms. The van der Waals surface area contributed by atoms with Crippen LogP contribution in [0.3, 0.4) is 0 Å². The van der Waals surface area contributed by atoms with Crippen molar-refractivity contribution in [3.05, 3.63) is 52.5 Å². The third-order valence-corrected chi connectivity index (χ3v) is 6.16. The average molecular weight is 442 g/mol. The molecule has 2 aromatic carbocycles. The molecule has 0 fully saturated rings. The molecule has 156 valence electrons. The van der Waals surface area contributed by atoms with Crippen molar-refractivity contribution in [2.75, 3.05) is 32.2 Å². The normalized spacial score (nSPS) is 10.9. The molecule has 0 aliphatic rings. The Hall–Kier alpha value is -2.78. The fraction of sp³-hybridized carbons (Fsp3) is 0.263. The molecule has 0 aromatic heterocycles. The molecular weight excluding hydrogens is 422 g/mol. The molecule has 10 heteroatoms. The van der Waals surface area contributed by atoms with Gasteiger partial charge in [0.1, 0.15) is 12.3 Å². The van der Waals surface area contributed by atoms with Gasteiger partial charge in [-0.2, -0.15) is 0 Å². The second-order valence-electron chi connectivity index (χ2n) is 5.88. The maximum absolute atomic E-state index is 13.3. The summed E-state index contributed by atoms with van der Waals surface area (Å²) in [6, 6.07) is 8.33. The minimum Gasteiger partial charge on any atom is -0.495 e. The van der Waals surface area contributed by atoms with Crippen molar-refractivity contribution in [3.63, 3.8) is 0 Å². The lowest BCUT2D eigenvalue weighted by Gasteiger charge is -2.25. The Labute approximate surface area is 174 Å². The summed E-state index contributed by atoms with van der Waals surface area (Å²) in [4.78, 5) is 23.7. The van der Waals surface area contributed by atoms with Crippen LogP contribution in [0.5, 0.6) is 5.75 Å². The molecule has 0 saturated heterocycles. The zero-order chi connectivity index (χ0) is 21.8. The van der Waals surface area contributed by atoms with Gasteiger partial charge in [-0.05, 0) is 42.8 Å². The standard InChI is InChI=1S/C19H20ClNO7S/c1-12-5-6-13(19(23)28-4)9-16(12)21(11-18(22)27-3)29(24,25)14-7-8-17(26-2)15(20)10-14/h5-10H,11H2,1-4H3. The number of ether oxygens (including phenoxy) is 3. The fourth-order valence-corrected chi connectivity index (χ4v) is 4.35. The lowest BCUT2D eigenvalue weighted by atomic mass is 10.1. The molecule has 2 rings (SSSR count). The van der Waals surface area contributed by atoms with E-state index in [0.717, 1.165) is 11.4 Å². The van der Waals surface area contributed by atoms with Gasteiger partial charge in [-0.3, -0.25) is 9.10 Å². The zero-order valence-electron chi connectivity index (χ0n) is 16.3. The summed E-state index contributed by atoms with van der Waals surface area (Å²) < 4.78 is 41.9. The van der Waals surface area contributed by atoms with Crippen LogP contribution in [-0.4, -0.2) is 48.2 Å². The molecule has 0 unspecified atom stereocenters. The number of nitrogens with zero attached hydrogens (tertiary/aromatic N) is 1. The van der Waals surface area contributed by atoms with E-state index in [2.05, 4.69) is 4.74 Å². The summed E-state index contributed by atoms with van der Waals surface area (Å²) in [5.41, 5.74) is 0.779. The van der Waals surface area contributed by atoms with E-state index < -0.39 is 28.5 Å². The zero-order valence-corrected chi connectivity index (χ0v) is 17.8. The summed E-state index contributed by atoms with van der Waals surface area (Å²) in [5.74, 6) is -1.13. The van der Waals surface area contributed by atoms with Crippen molar-refractivity contribution in [1.29, 1.82) is 0 Å². The van der Waals surface area contributed by atoms with Crippen LogP contribution in [0.1, 0.15) is 15.9 Å². The van der Waals surface area contributed by atoms with Gasteiger partial charge in [0.05, 0.1) is 42.5 Å². The minimum absolute atomic E-state index is 0.0895.